The molecular formula is C24H23N3O3. The second-order valence-corrected chi connectivity index (χ2v) is 7.35. The molecule has 0 saturated carbocycles. The van der Waals surface area contributed by atoms with Crippen LogP contribution in [-0.2, 0) is 11.2 Å². The van der Waals surface area contributed by atoms with Gasteiger partial charge in [0.15, 0.2) is 5.65 Å². The van der Waals surface area contributed by atoms with Crippen LogP contribution in [0, 0.1) is 13.8 Å². The first-order valence-corrected chi connectivity index (χ1v) is 9.89. The topological polar surface area (TPSA) is 76.5 Å². The second kappa shape index (κ2) is 7.99. The first-order valence-electron chi connectivity index (χ1n) is 9.89. The lowest BCUT2D eigenvalue weighted by molar-refractivity contribution is 0.0523. The van der Waals surface area contributed by atoms with E-state index in [0.29, 0.717) is 5.65 Å². The number of aryl methyl sites for hydroxylation is 2. The Kier molecular flexibility index (Phi) is 5.23. The van der Waals surface area contributed by atoms with E-state index < -0.39 is 11.5 Å². The number of carbonyl (C=O) groups excluding carboxylic acids is 1. The summed E-state index contributed by atoms with van der Waals surface area (Å²) in [6.07, 6.45) is 3.88. The average molecular weight is 401 g/mol. The highest BCUT2D eigenvalue weighted by molar-refractivity contribution is 5.89. The van der Waals surface area contributed by atoms with Gasteiger partial charge in [0.25, 0.3) is 5.56 Å². The Labute approximate surface area is 174 Å². The molecule has 0 radical (unpaired) electrons. The van der Waals surface area contributed by atoms with Gasteiger partial charge in [-0.15, -0.1) is 0 Å². The first-order chi connectivity index (χ1) is 14.5. The number of H-pyrrole nitrogens is 1. The third kappa shape index (κ3) is 3.64. The van der Waals surface area contributed by atoms with Gasteiger partial charge in [0.2, 0.25) is 0 Å². The van der Waals surface area contributed by atoms with Gasteiger partial charge >= 0.3 is 5.97 Å². The molecule has 4 rings (SSSR count). The van der Waals surface area contributed by atoms with E-state index in [0.717, 1.165) is 17.5 Å². The molecule has 30 heavy (non-hydrogen) atoms. The summed E-state index contributed by atoms with van der Waals surface area (Å²) in [5.41, 5.74) is 6.60. The minimum atomic E-state index is -0.670. The Balaban J connectivity index is 1.69. The number of nitrogens with one attached hydrogen (secondary N) is 1. The summed E-state index contributed by atoms with van der Waals surface area (Å²) in [6, 6.07) is 14.8. The molecule has 0 spiro atoms. The molecule has 6 nitrogen and oxygen atoms in total. The number of hydrogen-bond acceptors (Lipinski definition) is 4. The molecule has 152 valence electrons. The number of ether oxygens (including phenoxy) is 1. The van der Waals surface area contributed by atoms with Gasteiger partial charge in [-0.2, -0.15) is 0 Å². The van der Waals surface area contributed by atoms with Gasteiger partial charge in [-0.1, -0.05) is 48.0 Å². The smallest absolute Gasteiger partial charge is 0.345 e. The summed E-state index contributed by atoms with van der Waals surface area (Å²) < 4.78 is 6.20. The number of fused-ring (bicyclic) bond motifs is 1. The van der Waals surface area contributed by atoms with Crippen molar-refractivity contribution < 1.29 is 9.53 Å². The van der Waals surface area contributed by atoms with Crippen LogP contribution in [-0.4, -0.2) is 27.2 Å². The Hall–Kier alpha value is -3.67. The quantitative estimate of drug-likeness (QED) is 0.512. The second-order valence-electron chi connectivity index (χ2n) is 7.35. The minimum absolute atomic E-state index is 0.0903. The average Bonchev–Trinajstić information content (AvgIpc) is 3.15. The van der Waals surface area contributed by atoms with Crippen LogP contribution < -0.4 is 5.56 Å². The molecule has 0 fully saturated rings. The zero-order valence-corrected chi connectivity index (χ0v) is 17.2. The van der Waals surface area contributed by atoms with Crippen molar-refractivity contribution in [3.05, 3.63) is 93.0 Å². The summed E-state index contributed by atoms with van der Waals surface area (Å²) in [4.78, 5) is 28.9. The van der Waals surface area contributed by atoms with E-state index >= 15 is 0 Å². The highest BCUT2D eigenvalue weighted by atomic mass is 16.5. The number of nitrogens with zero attached hydrogens (tertiary/aromatic N) is 2. The Morgan fingerprint density at radius 3 is 2.73 bits per heavy atom. The molecule has 0 bridgehead atoms. The van der Waals surface area contributed by atoms with Crippen molar-refractivity contribution in [2.75, 3.05) is 6.61 Å². The molecule has 2 heterocycles. The third-order valence-electron chi connectivity index (χ3n) is 5.17. The van der Waals surface area contributed by atoms with Crippen molar-refractivity contribution in [2.24, 2.45) is 0 Å². The molecule has 0 aliphatic carbocycles. The van der Waals surface area contributed by atoms with E-state index in [9.17, 15) is 9.59 Å². The van der Waals surface area contributed by atoms with Crippen molar-refractivity contribution in [2.45, 2.75) is 27.2 Å². The summed E-state index contributed by atoms with van der Waals surface area (Å²) in [6.45, 7) is 6.07. The lowest BCUT2D eigenvalue weighted by Gasteiger charge is -2.09. The van der Waals surface area contributed by atoms with E-state index in [4.69, 9.17) is 4.74 Å². The van der Waals surface area contributed by atoms with Crippen LogP contribution in [0.4, 0.5) is 0 Å². The molecule has 0 aliphatic rings. The molecule has 2 aromatic carbocycles. The number of rotatable bonds is 5. The van der Waals surface area contributed by atoms with Crippen molar-refractivity contribution in [1.82, 2.24) is 14.6 Å². The molecular weight excluding hydrogens is 378 g/mol. The van der Waals surface area contributed by atoms with E-state index in [2.05, 4.69) is 60.3 Å². The van der Waals surface area contributed by atoms with E-state index in [1.165, 1.54) is 33.0 Å². The lowest BCUT2D eigenvalue weighted by Crippen LogP contribution is -2.24. The fraction of sp³-hybridized carbons (Fsp3) is 0.208. The Morgan fingerprint density at radius 2 is 2.00 bits per heavy atom. The maximum absolute atomic E-state index is 12.6. The Bertz CT molecular complexity index is 1300. The van der Waals surface area contributed by atoms with Gasteiger partial charge in [-0.05, 0) is 49.4 Å². The molecule has 6 heteroatoms. The predicted octanol–water partition coefficient (Wildman–Crippen LogP) is 4.07. The fourth-order valence-corrected chi connectivity index (χ4v) is 3.62. The van der Waals surface area contributed by atoms with Crippen LogP contribution in [0.1, 0.15) is 39.5 Å². The molecule has 4 aromatic rings. The SMILES string of the molecule is CCOC(=O)c1cnc2c(-c3ccc(Cc4cccc(C)c4)c(C)c3)c[nH]n2c1=O. The maximum Gasteiger partial charge on any atom is 0.345 e. The number of aromatic amines is 1. The van der Waals surface area contributed by atoms with Crippen molar-refractivity contribution >= 4 is 11.6 Å². The highest BCUT2D eigenvalue weighted by Crippen LogP contribution is 2.26. The summed E-state index contributed by atoms with van der Waals surface area (Å²) in [7, 11) is 0. The standard InChI is InChI=1S/C24H23N3O3/c1-4-30-24(29)21-13-25-22-20(14-26-27(22)23(21)28)19-9-8-18(16(3)11-19)12-17-7-5-6-15(2)10-17/h5-11,13-14,26H,4,12H2,1-3H3. The zero-order valence-electron chi connectivity index (χ0n) is 17.2. The lowest BCUT2D eigenvalue weighted by atomic mass is 9.96. The number of benzene rings is 2. The maximum atomic E-state index is 12.6. The molecule has 1 N–H and O–H groups in total. The van der Waals surface area contributed by atoms with E-state index in [1.54, 1.807) is 13.1 Å². The zero-order chi connectivity index (χ0) is 21.3. The number of hydrogen-bond donors (Lipinski definition) is 1. The Morgan fingerprint density at radius 1 is 1.17 bits per heavy atom. The van der Waals surface area contributed by atoms with Crippen molar-refractivity contribution in [3.8, 4) is 11.1 Å². The van der Waals surface area contributed by atoms with Gasteiger partial charge < -0.3 is 4.74 Å². The predicted molar refractivity (Wildman–Crippen MR) is 116 cm³/mol. The van der Waals surface area contributed by atoms with Crippen LogP contribution in [0.15, 0.2) is 59.7 Å². The van der Waals surface area contributed by atoms with Crippen LogP contribution >= 0.6 is 0 Å². The molecule has 0 unspecified atom stereocenters. The van der Waals surface area contributed by atoms with Crippen molar-refractivity contribution in [1.29, 1.82) is 0 Å². The first kappa shape index (κ1) is 19.6. The van der Waals surface area contributed by atoms with Crippen LogP contribution in [0.5, 0.6) is 0 Å². The van der Waals surface area contributed by atoms with Gasteiger partial charge in [0, 0.05) is 18.0 Å². The summed E-state index contributed by atoms with van der Waals surface area (Å²) in [5, 5.41) is 2.91. The number of esters is 1. The number of aromatic nitrogens is 3. The van der Waals surface area contributed by atoms with Gasteiger partial charge in [-0.25, -0.2) is 14.3 Å². The van der Waals surface area contributed by atoms with E-state index in [1.807, 2.05) is 6.07 Å². The molecule has 0 amide bonds. The van der Waals surface area contributed by atoms with Gasteiger partial charge in [0.05, 0.1) is 6.61 Å². The number of carbonyl (C=O) groups is 1. The van der Waals surface area contributed by atoms with E-state index in [-0.39, 0.29) is 12.2 Å². The van der Waals surface area contributed by atoms with Crippen LogP contribution in [0.2, 0.25) is 0 Å². The summed E-state index contributed by atoms with van der Waals surface area (Å²) >= 11 is 0. The summed E-state index contributed by atoms with van der Waals surface area (Å²) in [5.74, 6) is -0.670. The molecule has 2 aromatic heterocycles. The van der Waals surface area contributed by atoms with Crippen LogP contribution in [0.3, 0.4) is 0 Å². The molecule has 0 atom stereocenters. The van der Waals surface area contributed by atoms with Gasteiger partial charge in [0.1, 0.15) is 5.56 Å². The minimum Gasteiger partial charge on any atom is -0.462 e. The molecule has 0 saturated heterocycles. The fourth-order valence-electron chi connectivity index (χ4n) is 3.62. The van der Waals surface area contributed by atoms with Crippen LogP contribution in [0.25, 0.3) is 16.8 Å². The van der Waals surface area contributed by atoms with Crippen molar-refractivity contribution in [3.63, 3.8) is 0 Å². The highest BCUT2D eigenvalue weighted by Gasteiger charge is 2.17. The van der Waals surface area contributed by atoms with Gasteiger partial charge in [-0.3, -0.25) is 9.89 Å². The monoisotopic (exact) mass is 401 g/mol. The molecule has 0 aliphatic heterocycles. The normalized spacial score (nSPS) is 11.0. The largest absolute Gasteiger partial charge is 0.462 e. The third-order valence-corrected chi connectivity index (χ3v) is 5.17.